The summed E-state index contributed by atoms with van der Waals surface area (Å²) in [4.78, 5) is 19.0. The Hall–Kier alpha value is -2.78. The van der Waals surface area contributed by atoms with E-state index in [2.05, 4.69) is 0 Å². The predicted molar refractivity (Wildman–Crippen MR) is 130 cm³/mol. The molecule has 0 saturated heterocycles. The first-order chi connectivity index (χ1) is 16.4. The summed E-state index contributed by atoms with van der Waals surface area (Å²) in [6.45, 7) is 5.03. The van der Waals surface area contributed by atoms with Gasteiger partial charge in [0.1, 0.15) is 11.9 Å². The van der Waals surface area contributed by atoms with Gasteiger partial charge in [-0.05, 0) is 49.9 Å². The fourth-order valence-electron chi connectivity index (χ4n) is 4.19. The highest BCUT2D eigenvalue weighted by Gasteiger charge is 2.34. The lowest BCUT2D eigenvalue weighted by molar-refractivity contribution is -0.137. The first kappa shape index (κ1) is 26.8. The van der Waals surface area contributed by atoms with E-state index in [1.165, 1.54) is 12.1 Å². The summed E-state index contributed by atoms with van der Waals surface area (Å²) in [5, 5.41) is 9.78. The minimum absolute atomic E-state index is 0.0512. The van der Waals surface area contributed by atoms with Crippen molar-refractivity contribution in [2.75, 3.05) is 45.7 Å². The van der Waals surface area contributed by atoms with E-state index >= 15 is 0 Å². The molecule has 0 saturated carbocycles. The van der Waals surface area contributed by atoms with Gasteiger partial charge in [0.15, 0.2) is 0 Å². The minimum atomic E-state index is -4.36. The van der Waals surface area contributed by atoms with Crippen molar-refractivity contribution in [3.8, 4) is 5.75 Å². The van der Waals surface area contributed by atoms with E-state index < -0.39 is 11.7 Å². The van der Waals surface area contributed by atoms with Crippen LogP contribution >= 0.6 is 0 Å². The minimum Gasteiger partial charge on any atom is -0.488 e. The van der Waals surface area contributed by atoms with Crippen molar-refractivity contribution in [2.24, 2.45) is 5.92 Å². The number of hydrogen-bond acceptors (Lipinski definition) is 5. The first-order valence-corrected chi connectivity index (χ1v) is 11.6. The first-order valence-electron chi connectivity index (χ1n) is 11.6. The summed E-state index contributed by atoms with van der Waals surface area (Å²) in [5.74, 6) is 0.244. The van der Waals surface area contributed by atoms with Crippen LogP contribution in [0.1, 0.15) is 35.3 Å². The van der Waals surface area contributed by atoms with Gasteiger partial charge in [0, 0.05) is 45.3 Å². The quantitative estimate of drug-likeness (QED) is 0.629. The Balaban J connectivity index is 1.83. The number of carbonyl (C=O) groups is 1. The van der Waals surface area contributed by atoms with Gasteiger partial charge in [-0.2, -0.15) is 13.2 Å². The number of aliphatic hydroxyl groups excluding tert-OH is 1. The third kappa shape index (κ3) is 6.46. The molecule has 0 unspecified atom stereocenters. The summed E-state index contributed by atoms with van der Waals surface area (Å²) in [6.07, 6.45) is -4.64. The molecule has 3 rings (SSSR count). The number of carbonyl (C=O) groups excluding carboxylic acids is 1. The molecule has 6 nitrogen and oxygen atoms in total. The van der Waals surface area contributed by atoms with E-state index in [0.717, 1.165) is 23.4 Å². The zero-order valence-electron chi connectivity index (χ0n) is 20.8. The second-order valence-electron chi connectivity index (χ2n) is 9.59. The number of ether oxygens (including phenoxy) is 1. The van der Waals surface area contributed by atoms with E-state index in [-0.39, 0.29) is 30.6 Å². The molecule has 0 radical (unpaired) electrons. The highest BCUT2D eigenvalue weighted by atomic mass is 19.4. The topological polar surface area (TPSA) is 56.2 Å². The van der Waals surface area contributed by atoms with Gasteiger partial charge in [-0.15, -0.1) is 0 Å². The van der Waals surface area contributed by atoms with Gasteiger partial charge >= 0.3 is 6.18 Å². The van der Waals surface area contributed by atoms with E-state index in [0.29, 0.717) is 30.9 Å². The number of anilines is 1. The number of amides is 1. The van der Waals surface area contributed by atoms with Crippen molar-refractivity contribution < 1.29 is 27.8 Å². The van der Waals surface area contributed by atoms with Gasteiger partial charge in [0.2, 0.25) is 0 Å². The Morgan fingerprint density at radius 1 is 1.14 bits per heavy atom. The second-order valence-corrected chi connectivity index (χ2v) is 9.59. The van der Waals surface area contributed by atoms with Gasteiger partial charge in [0.05, 0.1) is 23.8 Å². The standard InChI is InChI=1S/C26H34F3N3O3/c1-17-13-32(18(2)16-33)25(34)22-12-21(30(3)4)10-11-23(22)35-24(17)15-31(5)14-19-6-8-20(9-7-19)26(27,28)29/h6-12,17-18,24,33H,13-16H2,1-5H3/t17-,18+,24+/m0/s1. The van der Waals surface area contributed by atoms with E-state index in [1.54, 1.807) is 17.0 Å². The lowest BCUT2D eigenvalue weighted by Crippen LogP contribution is -2.49. The van der Waals surface area contributed by atoms with Crippen molar-refractivity contribution in [1.82, 2.24) is 9.80 Å². The molecule has 0 aromatic heterocycles. The van der Waals surface area contributed by atoms with Crippen molar-refractivity contribution in [2.45, 2.75) is 38.7 Å². The molecule has 9 heteroatoms. The molecule has 1 aliphatic rings. The zero-order valence-corrected chi connectivity index (χ0v) is 20.8. The molecular weight excluding hydrogens is 459 g/mol. The molecule has 1 N–H and O–H groups in total. The SMILES string of the molecule is C[C@H](CO)N1C[C@H](C)[C@@H](CN(C)Cc2ccc(C(F)(F)F)cc2)Oc2ccc(N(C)C)cc2C1=O. The smallest absolute Gasteiger partial charge is 0.416 e. The number of alkyl halides is 3. The van der Waals surface area contributed by atoms with Crippen LogP contribution in [0, 0.1) is 5.92 Å². The van der Waals surface area contributed by atoms with Gasteiger partial charge in [-0.1, -0.05) is 19.1 Å². The predicted octanol–water partition coefficient (Wildman–Crippen LogP) is 4.12. The highest BCUT2D eigenvalue weighted by molar-refractivity contribution is 5.98. The third-order valence-electron chi connectivity index (χ3n) is 6.39. The molecule has 1 aliphatic heterocycles. The zero-order chi connectivity index (χ0) is 25.9. The Labute approximate surface area is 204 Å². The normalized spacial score (nSPS) is 19.6. The molecule has 35 heavy (non-hydrogen) atoms. The van der Waals surface area contributed by atoms with Gasteiger partial charge in [-0.25, -0.2) is 0 Å². The van der Waals surface area contributed by atoms with Crippen LogP contribution < -0.4 is 9.64 Å². The van der Waals surface area contributed by atoms with Crippen LogP contribution in [0.2, 0.25) is 0 Å². The molecule has 0 bridgehead atoms. The number of rotatable bonds is 7. The molecule has 0 fully saturated rings. The summed E-state index contributed by atoms with van der Waals surface area (Å²) in [6, 6.07) is 10.3. The van der Waals surface area contributed by atoms with Crippen LogP contribution in [-0.2, 0) is 12.7 Å². The summed E-state index contributed by atoms with van der Waals surface area (Å²) in [5.41, 5.74) is 1.40. The number of likely N-dealkylation sites (N-methyl/N-ethyl adjacent to an activating group) is 1. The van der Waals surface area contributed by atoms with E-state index in [4.69, 9.17) is 4.74 Å². The molecule has 0 aliphatic carbocycles. The highest BCUT2D eigenvalue weighted by Crippen LogP contribution is 2.32. The third-order valence-corrected chi connectivity index (χ3v) is 6.39. The summed E-state index contributed by atoms with van der Waals surface area (Å²) < 4.78 is 45.0. The van der Waals surface area contributed by atoms with Gasteiger partial charge in [0.25, 0.3) is 5.91 Å². The number of nitrogens with zero attached hydrogens (tertiary/aromatic N) is 3. The van der Waals surface area contributed by atoms with Gasteiger partial charge < -0.3 is 19.6 Å². The van der Waals surface area contributed by atoms with Crippen LogP contribution in [0.15, 0.2) is 42.5 Å². The van der Waals surface area contributed by atoms with Crippen molar-refractivity contribution in [3.05, 3.63) is 59.2 Å². The number of fused-ring (bicyclic) bond motifs is 1. The van der Waals surface area contributed by atoms with Crippen LogP contribution in [0.4, 0.5) is 18.9 Å². The Morgan fingerprint density at radius 2 is 1.80 bits per heavy atom. The molecule has 3 atom stereocenters. The Morgan fingerprint density at radius 3 is 2.37 bits per heavy atom. The molecule has 2 aromatic rings. The lowest BCUT2D eigenvalue weighted by Gasteiger charge is -2.38. The van der Waals surface area contributed by atoms with Crippen LogP contribution in [-0.4, -0.2) is 73.8 Å². The number of aliphatic hydroxyl groups is 1. The van der Waals surface area contributed by atoms with Crippen molar-refractivity contribution in [1.29, 1.82) is 0 Å². The molecule has 192 valence electrons. The van der Waals surface area contributed by atoms with Crippen LogP contribution in [0.25, 0.3) is 0 Å². The fourth-order valence-corrected chi connectivity index (χ4v) is 4.19. The second kappa shape index (κ2) is 10.9. The molecule has 0 spiro atoms. The Bertz CT molecular complexity index is 1010. The van der Waals surface area contributed by atoms with E-state index in [9.17, 15) is 23.1 Å². The molecule has 2 aromatic carbocycles. The average molecular weight is 494 g/mol. The lowest BCUT2D eigenvalue weighted by atomic mass is 9.99. The fraction of sp³-hybridized carbons (Fsp3) is 0.500. The maximum Gasteiger partial charge on any atom is 0.416 e. The van der Waals surface area contributed by atoms with Crippen LogP contribution in [0.5, 0.6) is 5.75 Å². The largest absolute Gasteiger partial charge is 0.488 e. The summed E-state index contributed by atoms with van der Waals surface area (Å²) in [7, 11) is 5.68. The number of halogens is 3. The number of benzene rings is 2. The molecule has 1 amide bonds. The molecular formula is C26H34F3N3O3. The van der Waals surface area contributed by atoms with Crippen molar-refractivity contribution >= 4 is 11.6 Å². The van der Waals surface area contributed by atoms with Gasteiger partial charge in [-0.3, -0.25) is 9.69 Å². The molecule has 1 heterocycles. The van der Waals surface area contributed by atoms with Crippen LogP contribution in [0.3, 0.4) is 0 Å². The maximum atomic E-state index is 13.4. The Kier molecular flexibility index (Phi) is 8.33. The maximum absolute atomic E-state index is 13.4. The monoisotopic (exact) mass is 493 g/mol. The van der Waals surface area contributed by atoms with E-state index in [1.807, 2.05) is 50.9 Å². The summed E-state index contributed by atoms with van der Waals surface area (Å²) >= 11 is 0. The average Bonchev–Trinajstić information content (AvgIpc) is 2.80. The van der Waals surface area contributed by atoms with Crippen molar-refractivity contribution in [3.63, 3.8) is 0 Å². The number of hydrogen-bond donors (Lipinski definition) is 1.